The molecule has 114 valence electrons. The number of hydrogen-bond donors (Lipinski definition) is 1. The third-order valence-electron chi connectivity index (χ3n) is 3.72. The normalized spacial score (nSPS) is 23.3. The van der Waals surface area contributed by atoms with Crippen LogP contribution in [0.3, 0.4) is 0 Å². The summed E-state index contributed by atoms with van der Waals surface area (Å²) in [4.78, 5) is 1.44. The van der Waals surface area contributed by atoms with Crippen LogP contribution in [-0.2, 0) is 23.3 Å². The molecule has 0 spiro atoms. The van der Waals surface area contributed by atoms with Gasteiger partial charge in [-0.3, -0.25) is 0 Å². The number of aryl methyl sites for hydroxylation is 1. The number of hydrogen-bond acceptors (Lipinski definition) is 6. The van der Waals surface area contributed by atoms with Gasteiger partial charge in [0.15, 0.2) is 15.7 Å². The lowest BCUT2D eigenvalue weighted by Gasteiger charge is -2.23. The zero-order valence-electron chi connectivity index (χ0n) is 12.3. The molecule has 1 aliphatic rings. The zero-order valence-corrected chi connectivity index (χ0v) is 13.1. The Labute approximate surface area is 120 Å². The summed E-state index contributed by atoms with van der Waals surface area (Å²) < 4.78 is 23.3. The van der Waals surface area contributed by atoms with Crippen molar-refractivity contribution in [3.8, 4) is 0 Å². The average molecular weight is 301 g/mol. The molecule has 0 bridgehead atoms. The number of sulfone groups is 1. The Kier molecular flexibility index (Phi) is 4.74. The maximum absolute atomic E-state index is 11.7. The molecule has 0 aliphatic carbocycles. The maximum atomic E-state index is 11.7. The summed E-state index contributed by atoms with van der Waals surface area (Å²) in [7, 11) is -1.12. The average Bonchev–Trinajstić information content (AvgIpc) is 2.90. The van der Waals surface area contributed by atoms with Gasteiger partial charge < -0.3 is 5.32 Å². The van der Waals surface area contributed by atoms with E-state index in [1.54, 1.807) is 7.05 Å². The van der Waals surface area contributed by atoms with Crippen LogP contribution in [0, 0.1) is 11.8 Å². The standard InChI is InChI=1S/C12H23N5O2S/c1-9(2)13-7-11(6-12-14-16-17(3)15-12)10-4-5-20(18,19)8-10/h9-11,13H,4-8H2,1-3H3. The molecule has 0 radical (unpaired) electrons. The molecule has 0 amide bonds. The third kappa shape index (κ3) is 4.24. The molecule has 2 atom stereocenters. The van der Waals surface area contributed by atoms with Gasteiger partial charge in [-0.05, 0) is 30.0 Å². The van der Waals surface area contributed by atoms with Gasteiger partial charge in [0.05, 0.1) is 18.6 Å². The van der Waals surface area contributed by atoms with E-state index in [1.807, 2.05) is 0 Å². The summed E-state index contributed by atoms with van der Waals surface area (Å²) >= 11 is 0. The fraction of sp³-hybridized carbons (Fsp3) is 0.917. The molecule has 1 aliphatic heterocycles. The van der Waals surface area contributed by atoms with Crippen LogP contribution in [0.25, 0.3) is 0 Å². The Morgan fingerprint density at radius 2 is 2.20 bits per heavy atom. The lowest BCUT2D eigenvalue weighted by Crippen LogP contribution is -2.34. The molecule has 7 nitrogen and oxygen atoms in total. The van der Waals surface area contributed by atoms with Crippen LogP contribution in [0.5, 0.6) is 0 Å². The van der Waals surface area contributed by atoms with Crippen molar-refractivity contribution in [3.63, 3.8) is 0 Å². The van der Waals surface area contributed by atoms with E-state index in [9.17, 15) is 8.42 Å². The van der Waals surface area contributed by atoms with Crippen molar-refractivity contribution in [2.24, 2.45) is 18.9 Å². The van der Waals surface area contributed by atoms with Crippen molar-refractivity contribution in [1.29, 1.82) is 0 Å². The largest absolute Gasteiger partial charge is 0.314 e. The summed E-state index contributed by atoms with van der Waals surface area (Å²) in [5.74, 6) is 1.71. The number of aromatic nitrogens is 4. The molecule has 0 aromatic carbocycles. The fourth-order valence-electron chi connectivity index (χ4n) is 2.63. The van der Waals surface area contributed by atoms with Crippen LogP contribution in [0.15, 0.2) is 0 Å². The van der Waals surface area contributed by atoms with Crippen LogP contribution < -0.4 is 5.32 Å². The summed E-state index contributed by atoms with van der Waals surface area (Å²) in [5.41, 5.74) is 0. The molecule has 8 heteroatoms. The molecule has 1 aromatic rings. The van der Waals surface area contributed by atoms with Gasteiger partial charge in [0.2, 0.25) is 0 Å². The molecule has 2 heterocycles. The first-order valence-electron chi connectivity index (χ1n) is 7.02. The smallest absolute Gasteiger partial charge is 0.175 e. The second-order valence-electron chi connectivity index (χ2n) is 5.89. The number of nitrogens with one attached hydrogen (secondary N) is 1. The van der Waals surface area contributed by atoms with E-state index >= 15 is 0 Å². The predicted octanol–water partition coefficient (Wildman–Crippen LogP) is -0.198. The number of nitrogens with zero attached hydrogens (tertiary/aromatic N) is 4. The molecule has 20 heavy (non-hydrogen) atoms. The van der Waals surface area contributed by atoms with Crippen molar-refractivity contribution in [1.82, 2.24) is 25.5 Å². The summed E-state index contributed by atoms with van der Waals surface area (Å²) in [6, 6.07) is 0.380. The van der Waals surface area contributed by atoms with E-state index in [0.29, 0.717) is 24.0 Å². The molecular weight excluding hydrogens is 278 g/mol. The first-order valence-corrected chi connectivity index (χ1v) is 8.84. The third-order valence-corrected chi connectivity index (χ3v) is 5.51. The van der Waals surface area contributed by atoms with E-state index in [1.165, 1.54) is 4.80 Å². The zero-order chi connectivity index (χ0) is 14.8. The van der Waals surface area contributed by atoms with Gasteiger partial charge in [0, 0.05) is 12.5 Å². The fourth-order valence-corrected chi connectivity index (χ4v) is 4.55. The van der Waals surface area contributed by atoms with Gasteiger partial charge in [0.25, 0.3) is 0 Å². The lowest BCUT2D eigenvalue weighted by atomic mass is 9.88. The Hall–Kier alpha value is -1.02. The summed E-state index contributed by atoms with van der Waals surface area (Å²) in [6.45, 7) is 4.96. The molecule has 1 N–H and O–H groups in total. The van der Waals surface area contributed by atoms with Crippen molar-refractivity contribution in [3.05, 3.63) is 5.82 Å². The molecule has 1 fully saturated rings. The molecule has 2 rings (SSSR count). The summed E-state index contributed by atoms with van der Waals surface area (Å²) in [5, 5.41) is 15.5. The van der Waals surface area contributed by atoms with Gasteiger partial charge in [-0.25, -0.2) is 8.42 Å². The van der Waals surface area contributed by atoms with Crippen LogP contribution >= 0.6 is 0 Å². The minimum absolute atomic E-state index is 0.190. The molecule has 1 aromatic heterocycles. The van der Waals surface area contributed by atoms with Gasteiger partial charge >= 0.3 is 0 Å². The highest BCUT2D eigenvalue weighted by Gasteiger charge is 2.34. The SMILES string of the molecule is CC(C)NCC(Cc1nnn(C)n1)C1CCS(=O)(=O)C1. The van der Waals surface area contributed by atoms with Gasteiger partial charge in [0.1, 0.15) is 0 Å². The van der Waals surface area contributed by atoms with Crippen molar-refractivity contribution >= 4 is 9.84 Å². The Bertz CT molecular complexity index is 540. The first-order chi connectivity index (χ1) is 9.35. The highest BCUT2D eigenvalue weighted by atomic mass is 32.2. The Morgan fingerprint density at radius 3 is 2.70 bits per heavy atom. The van der Waals surface area contributed by atoms with E-state index in [4.69, 9.17) is 0 Å². The topological polar surface area (TPSA) is 89.8 Å². The van der Waals surface area contributed by atoms with Crippen LogP contribution in [-0.4, -0.2) is 52.7 Å². The van der Waals surface area contributed by atoms with Crippen molar-refractivity contribution in [2.45, 2.75) is 32.7 Å². The maximum Gasteiger partial charge on any atom is 0.175 e. The monoisotopic (exact) mass is 301 g/mol. The predicted molar refractivity (Wildman–Crippen MR) is 75.9 cm³/mol. The van der Waals surface area contributed by atoms with Crippen molar-refractivity contribution in [2.75, 3.05) is 18.1 Å². The van der Waals surface area contributed by atoms with E-state index in [-0.39, 0.29) is 17.6 Å². The second-order valence-corrected chi connectivity index (χ2v) is 8.11. The Morgan fingerprint density at radius 1 is 1.45 bits per heavy atom. The van der Waals surface area contributed by atoms with E-state index < -0.39 is 9.84 Å². The van der Waals surface area contributed by atoms with Gasteiger partial charge in [-0.1, -0.05) is 13.8 Å². The minimum atomic E-state index is -2.86. The molecule has 0 saturated carbocycles. The number of rotatable bonds is 6. The van der Waals surface area contributed by atoms with E-state index in [2.05, 4.69) is 34.6 Å². The minimum Gasteiger partial charge on any atom is -0.314 e. The van der Waals surface area contributed by atoms with Gasteiger partial charge in [-0.2, -0.15) is 4.80 Å². The lowest BCUT2D eigenvalue weighted by molar-refractivity contribution is 0.328. The number of tetrazole rings is 1. The highest BCUT2D eigenvalue weighted by molar-refractivity contribution is 7.91. The van der Waals surface area contributed by atoms with Gasteiger partial charge in [-0.15, -0.1) is 10.2 Å². The highest BCUT2D eigenvalue weighted by Crippen LogP contribution is 2.27. The van der Waals surface area contributed by atoms with Crippen LogP contribution in [0.1, 0.15) is 26.1 Å². The first kappa shape index (κ1) is 15.4. The van der Waals surface area contributed by atoms with Crippen LogP contribution in [0.2, 0.25) is 0 Å². The Balaban J connectivity index is 2.04. The second kappa shape index (κ2) is 6.17. The summed E-state index contributed by atoms with van der Waals surface area (Å²) in [6.07, 6.45) is 1.42. The van der Waals surface area contributed by atoms with E-state index in [0.717, 1.165) is 13.0 Å². The van der Waals surface area contributed by atoms with Crippen LogP contribution in [0.4, 0.5) is 0 Å². The molecule has 2 unspecified atom stereocenters. The molecular formula is C12H23N5O2S. The quantitative estimate of drug-likeness (QED) is 0.783. The van der Waals surface area contributed by atoms with Crippen molar-refractivity contribution < 1.29 is 8.42 Å². The molecule has 1 saturated heterocycles.